The summed E-state index contributed by atoms with van der Waals surface area (Å²) in [7, 11) is 1.60. The van der Waals surface area contributed by atoms with E-state index in [1.165, 1.54) is 0 Å². The highest BCUT2D eigenvalue weighted by Gasteiger charge is 2.05. The monoisotopic (exact) mass is 274 g/mol. The van der Waals surface area contributed by atoms with E-state index in [0.29, 0.717) is 6.54 Å². The van der Waals surface area contributed by atoms with E-state index in [1.54, 1.807) is 7.11 Å². The van der Waals surface area contributed by atoms with E-state index in [2.05, 4.69) is 21.2 Å². The number of benzene rings is 1. The minimum absolute atomic E-state index is 0.239. The standard InChI is InChI=1S/C10H15BrN2O2/c1-15-10-3-2-7(11)4-9(10)13-6-8(14)5-12/h2-4,8,13-14H,5-6,12H2,1H3. The summed E-state index contributed by atoms with van der Waals surface area (Å²) in [6.45, 7) is 0.645. The van der Waals surface area contributed by atoms with Crippen molar-refractivity contribution in [1.29, 1.82) is 0 Å². The summed E-state index contributed by atoms with van der Waals surface area (Å²) in [6, 6.07) is 5.63. The van der Waals surface area contributed by atoms with Crippen molar-refractivity contribution in [2.75, 3.05) is 25.5 Å². The number of ether oxygens (including phenoxy) is 1. The van der Waals surface area contributed by atoms with E-state index in [9.17, 15) is 5.11 Å². The Labute approximate surface area is 97.6 Å². The van der Waals surface area contributed by atoms with Gasteiger partial charge in [0, 0.05) is 17.6 Å². The lowest BCUT2D eigenvalue weighted by atomic mass is 10.2. The van der Waals surface area contributed by atoms with Gasteiger partial charge in [0.05, 0.1) is 18.9 Å². The van der Waals surface area contributed by atoms with E-state index in [1.807, 2.05) is 18.2 Å². The van der Waals surface area contributed by atoms with Crippen LogP contribution >= 0.6 is 15.9 Å². The Bertz CT molecular complexity index is 320. The number of anilines is 1. The minimum atomic E-state index is -0.548. The molecular formula is C10H15BrN2O2. The van der Waals surface area contributed by atoms with Crippen molar-refractivity contribution in [1.82, 2.24) is 0 Å². The second-order valence-corrected chi connectivity index (χ2v) is 4.03. The summed E-state index contributed by atoms with van der Waals surface area (Å²) >= 11 is 3.37. The fourth-order valence-corrected chi connectivity index (χ4v) is 1.49. The molecule has 15 heavy (non-hydrogen) atoms. The van der Waals surface area contributed by atoms with E-state index < -0.39 is 6.10 Å². The van der Waals surface area contributed by atoms with Crippen molar-refractivity contribution >= 4 is 21.6 Å². The van der Waals surface area contributed by atoms with Crippen LogP contribution in [0, 0.1) is 0 Å². The number of hydrogen-bond acceptors (Lipinski definition) is 4. The van der Waals surface area contributed by atoms with Gasteiger partial charge in [-0.3, -0.25) is 0 Å². The van der Waals surface area contributed by atoms with Crippen molar-refractivity contribution in [3.63, 3.8) is 0 Å². The van der Waals surface area contributed by atoms with Gasteiger partial charge in [-0.25, -0.2) is 0 Å². The number of aliphatic hydroxyl groups is 1. The van der Waals surface area contributed by atoms with E-state index >= 15 is 0 Å². The van der Waals surface area contributed by atoms with Gasteiger partial charge in [0.25, 0.3) is 0 Å². The molecule has 1 unspecified atom stereocenters. The number of hydrogen-bond donors (Lipinski definition) is 3. The molecule has 0 bridgehead atoms. The van der Waals surface area contributed by atoms with Crippen LogP contribution in [0.3, 0.4) is 0 Å². The number of halogens is 1. The number of nitrogens with two attached hydrogens (primary N) is 1. The zero-order valence-corrected chi connectivity index (χ0v) is 10.1. The van der Waals surface area contributed by atoms with Crippen molar-refractivity contribution in [3.8, 4) is 5.75 Å². The van der Waals surface area contributed by atoms with Gasteiger partial charge >= 0.3 is 0 Å². The molecule has 0 saturated carbocycles. The lowest BCUT2D eigenvalue weighted by molar-refractivity contribution is 0.196. The normalized spacial score (nSPS) is 12.3. The number of rotatable bonds is 5. The molecular weight excluding hydrogens is 260 g/mol. The fourth-order valence-electron chi connectivity index (χ4n) is 1.13. The lowest BCUT2D eigenvalue weighted by Crippen LogP contribution is -2.27. The Hall–Kier alpha value is -0.780. The van der Waals surface area contributed by atoms with Crippen LogP contribution in [-0.4, -0.2) is 31.4 Å². The van der Waals surface area contributed by atoms with Crippen LogP contribution in [0.25, 0.3) is 0 Å². The first-order valence-corrected chi connectivity index (χ1v) is 5.42. The second-order valence-electron chi connectivity index (χ2n) is 3.12. The lowest BCUT2D eigenvalue weighted by Gasteiger charge is -2.13. The second kappa shape index (κ2) is 5.95. The number of aliphatic hydroxyl groups excluding tert-OH is 1. The van der Waals surface area contributed by atoms with Gasteiger partial charge in [-0.2, -0.15) is 0 Å². The van der Waals surface area contributed by atoms with E-state index in [-0.39, 0.29) is 6.54 Å². The average molecular weight is 275 g/mol. The molecule has 84 valence electrons. The summed E-state index contributed by atoms with van der Waals surface area (Å²) in [5.74, 6) is 0.738. The van der Waals surface area contributed by atoms with Crippen LogP contribution in [0.4, 0.5) is 5.69 Å². The average Bonchev–Trinajstić information content (AvgIpc) is 2.26. The van der Waals surface area contributed by atoms with Gasteiger partial charge in [0.2, 0.25) is 0 Å². The Morgan fingerprint density at radius 2 is 2.33 bits per heavy atom. The Balaban J connectivity index is 2.69. The Morgan fingerprint density at radius 1 is 1.60 bits per heavy atom. The highest BCUT2D eigenvalue weighted by molar-refractivity contribution is 9.10. The maximum Gasteiger partial charge on any atom is 0.142 e. The molecule has 1 aromatic rings. The number of nitrogens with one attached hydrogen (secondary N) is 1. The maximum atomic E-state index is 9.31. The van der Waals surface area contributed by atoms with Crippen molar-refractivity contribution < 1.29 is 9.84 Å². The fraction of sp³-hybridized carbons (Fsp3) is 0.400. The SMILES string of the molecule is COc1ccc(Br)cc1NCC(O)CN. The molecule has 5 heteroatoms. The molecule has 1 atom stereocenters. The van der Waals surface area contributed by atoms with E-state index in [0.717, 1.165) is 15.9 Å². The molecule has 0 fully saturated rings. The van der Waals surface area contributed by atoms with Crippen molar-refractivity contribution in [2.45, 2.75) is 6.10 Å². The van der Waals surface area contributed by atoms with Crippen molar-refractivity contribution in [2.24, 2.45) is 5.73 Å². The number of methoxy groups -OCH3 is 1. The maximum absolute atomic E-state index is 9.31. The largest absolute Gasteiger partial charge is 0.495 e. The molecule has 4 nitrogen and oxygen atoms in total. The topological polar surface area (TPSA) is 67.5 Å². The Morgan fingerprint density at radius 3 is 2.93 bits per heavy atom. The zero-order chi connectivity index (χ0) is 11.3. The third-order valence-electron chi connectivity index (χ3n) is 1.96. The smallest absolute Gasteiger partial charge is 0.142 e. The van der Waals surface area contributed by atoms with Crippen molar-refractivity contribution in [3.05, 3.63) is 22.7 Å². The minimum Gasteiger partial charge on any atom is -0.495 e. The summed E-state index contributed by atoms with van der Waals surface area (Å²) < 4.78 is 6.12. The molecule has 0 aromatic heterocycles. The van der Waals surface area contributed by atoms with Gasteiger partial charge in [0.15, 0.2) is 0 Å². The molecule has 4 N–H and O–H groups in total. The first kappa shape index (κ1) is 12.3. The third kappa shape index (κ3) is 3.70. The molecule has 1 rings (SSSR count). The quantitative estimate of drug-likeness (QED) is 0.755. The highest BCUT2D eigenvalue weighted by Crippen LogP contribution is 2.27. The van der Waals surface area contributed by atoms with Crippen LogP contribution < -0.4 is 15.8 Å². The molecule has 0 heterocycles. The Kier molecular flexibility index (Phi) is 4.87. The van der Waals surface area contributed by atoms with Crippen LogP contribution in [0.15, 0.2) is 22.7 Å². The summed E-state index contributed by atoms with van der Waals surface area (Å²) in [4.78, 5) is 0. The zero-order valence-electron chi connectivity index (χ0n) is 8.53. The summed E-state index contributed by atoms with van der Waals surface area (Å²) in [5.41, 5.74) is 6.14. The van der Waals surface area contributed by atoms with E-state index in [4.69, 9.17) is 10.5 Å². The predicted octanol–water partition coefficient (Wildman–Crippen LogP) is 1.19. The molecule has 0 saturated heterocycles. The van der Waals surface area contributed by atoms with Gasteiger partial charge < -0.3 is 20.9 Å². The van der Waals surface area contributed by atoms with Crippen LogP contribution in [0.2, 0.25) is 0 Å². The molecule has 0 aliphatic carbocycles. The van der Waals surface area contributed by atoms with Gasteiger partial charge in [-0.15, -0.1) is 0 Å². The molecule has 0 radical (unpaired) electrons. The van der Waals surface area contributed by atoms with Crippen LogP contribution in [0.5, 0.6) is 5.75 Å². The summed E-state index contributed by atoms with van der Waals surface area (Å²) in [6.07, 6.45) is -0.548. The van der Waals surface area contributed by atoms with Gasteiger partial charge in [-0.05, 0) is 18.2 Å². The molecule has 0 spiro atoms. The van der Waals surface area contributed by atoms with Crippen LogP contribution in [0.1, 0.15) is 0 Å². The third-order valence-corrected chi connectivity index (χ3v) is 2.45. The molecule has 0 aliphatic rings. The molecule has 1 aromatic carbocycles. The van der Waals surface area contributed by atoms with Gasteiger partial charge in [-0.1, -0.05) is 15.9 Å². The summed E-state index contributed by atoms with van der Waals surface area (Å²) in [5, 5.41) is 12.4. The van der Waals surface area contributed by atoms with Crippen LogP contribution in [-0.2, 0) is 0 Å². The van der Waals surface area contributed by atoms with Gasteiger partial charge in [0.1, 0.15) is 5.75 Å². The predicted molar refractivity (Wildman–Crippen MR) is 64.2 cm³/mol. The molecule has 0 aliphatic heterocycles. The highest BCUT2D eigenvalue weighted by atomic mass is 79.9. The molecule has 0 amide bonds. The first-order chi connectivity index (χ1) is 7.17. The first-order valence-electron chi connectivity index (χ1n) is 4.63.